The number of nitrogens with zero attached hydrogens (tertiary/aromatic N) is 1. The van der Waals surface area contributed by atoms with Gasteiger partial charge >= 0.3 is 0 Å². The molecule has 0 amide bonds. The molecule has 0 rings (SSSR count). The third-order valence-electron chi connectivity index (χ3n) is 1.94. The first-order valence-corrected chi connectivity index (χ1v) is 5.28. The summed E-state index contributed by atoms with van der Waals surface area (Å²) < 4.78 is 5.45. The van der Waals surface area contributed by atoms with Crippen LogP contribution in [0.2, 0.25) is 0 Å². The van der Waals surface area contributed by atoms with Crippen LogP contribution in [0.15, 0.2) is 0 Å². The van der Waals surface area contributed by atoms with Gasteiger partial charge in [0.15, 0.2) is 0 Å². The lowest BCUT2D eigenvalue weighted by molar-refractivity contribution is 0.0709. The van der Waals surface area contributed by atoms with Crippen molar-refractivity contribution in [3.05, 3.63) is 0 Å². The number of hydrogen-bond donors (Lipinski definition) is 1. The summed E-state index contributed by atoms with van der Waals surface area (Å²) in [5.74, 6) is 4.93. The van der Waals surface area contributed by atoms with Crippen LogP contribution in [-0.2, 0) is 9.57 Å². The van der Waals surface area contributed by atoms with Crippen molar-refractivity contribution >= 4 is 0 Å². The van der Waals surface area contributed by atoms with Crippen molar-refractivity contribution in [1.82, 2.24) is 4.90 Å². The molecule has 0 radical (unpaired) electrons. The van der Waals surface area contributed by atoms with Crippen LogP contribution in [0.1, 0.15) is 26.7 Å². The molecule has 14 heavy (non-hydrogen) atoms. The molecule has 86 valence electrons. The quantitative estimate of drug-likeness (QED) is 0.450. The predicted molar refractivity (Wildman–Crippen MR) is 58.0 cm³/mol. The van der Waals surface area contributed by atoms with Gasteiger partial charge in [0.25, 0.3) is 0 Å². The number of rotatable bonds is 9. The van der Waals surface area contributed by atoms with Gasteiger partial charge in [0.05, 0.1) is 12.7 Å². The maximum Gasteiger partial charge on any atom is 0.0691 e. The summed E-state index contributed by atoms with van der Waals surface area (Å²) >= 11 is 0. The minimum atomic E-state index is 0.339. The molecular weight excluding hydrogens is 180 g/mol. The van der Waals surface area contributed by atoms with E-state index in [1.54, 1.807) is 0 Å². The van der Waals surface area contributed by atoms with Crippen molar-refractivity contribution in [2.24, 2.45) is 5.90 Å². The van der Waals surface area contributed by atoms with Crippen LogP contribution in [0.5, 0.6) is 0 Å². The Morgan fingerprint density at radius 2 is 1.71 bits per heavy atom. The van der Waals surface area contributed by atoms with Crippen molar-refractivity contribution in [3.8, 4) is 0 Å². The first-order chi connectivity index (χ1) is 6.66. The molecule has 0 aliphatic heterocycles. The molecule has 0 saturated heterocycles. The Morgan fingerprint density at radius 3 is 2.21 bits per heavy atom. The molecule has 0 spiro atoms. The van der Waals surface area contributed by atoms with Gasteiger partial charge in [-0.25, -0.2) is 5.90 Å². The van der Waals surface area contributed by atoms with E-state index < -0.39 is 0 Å². The highest BCUT2D eigenvalue weighted by Crippen LogP contribution is 1.94. The van der Waals surface area contributed by atoms with Crippen molar-refractivity contribution < 1.29 is 9.57 Å². The van der Waals surface area contributed by atoms with Crippen molar-refractivity contribution in [2.75, 3.05) is 33.4 Å². The minimum Gasteiger partial charge on any atom is -0.379 e. The fraction of sp³-hybridized carbons (Fsp3) is 1.00. The van der Waals surface area contributed by atoms with E-state index in [0.29, 0.717) is 12.7 Å². The molecule has 0 heterocycles. The summed E-state index contributed by atoms with van der Waals surface area (Å²) in [6.45, 7) is 7.68. The molecule has 0 atom stereocenters. The molecular formula is C10H24N2O2. The molecule has 0 aromatic heterocycles. The smallest absolute Gasteiger partial charge is 0.0691 e. The van der Waals surface area contributed by atoms with E-state index in [0.717, 1.165) is 32.5 Å². The predicted octanol–water partition coefficient (Wildman–Crippen LogP) is 1.01. The van der Waals surface area contributed by atoms with Crippen LogP contribution in [0, 0.1) is 0 Å². The third kappa shape index (κ3) is 9.92. The van der Waals surface area contributed by atoms with Gasteiger partial charge in [-0.1, -0.05) is 0 Å². The average Bonchev–Trinajstić information content (AvgIpc) is 2.13. The van der Waals surface area contributed by atoms with Crippen LogP contribution < -0.4 is 5.90 Å². The van der Waals surface area contributed by atoms with E-state index in [9.17, 15) is 0 Å². The van der Waals surface area contributed by atoms with Gasteiger partial charge in [0, 0.05) is 19.7 Å². The fourth-order valence-corrected chi connectivity index (χ4v) is 1.18. The molecule has 0 bridgehead atoms. The van der Waals surface area contributed by atoms with E-state index >= 15 is 0 Å². The third-order valence-corrected chi connectivity index (χ3v) is 1.94. The maximum absolute atomic E-state index is 5.45. The standard InChI is InChI=1S/C10H24N2O2/c1-10(2)13-8-4-6-12(3)7-5-9-14-11/h10H,4-9,11H2,1-3H3. The number of hydrogen-bond acceptors (Lipinski definition) is 4. The van der Waals surface area contributed by atoms with Gasteiger partial charge in [-0.3, -0.25) is 0 Å². The molecule has 0 aliphatic carbocycles. The largest absolute Gasteiger partial charge is 0.379 e. The summed E-state index contributed by atoms with van der Waals surface area (Å²) in [6.07, 6.45) is 2.40. The lowest BCUT2D eigenvalue weighted by Crippen LogP contribution is -2.23. The maximum atomic E-state index is 5.45. The number of nitrogens with two attached hydrogens (primary N) is 1. The number of ether oxygens (including phenoxy) is 1. The van der Waals surface area contributed by atoms with E-state index in [1.807, 2.05) is 0 Å². The fourth-order valence-electron chi connectivity index (χ4n) is 1.18. The Labute approximate surface area is 87.3 Å². The second-order valence-corrected chi connectivity index (χ2v) is 3.80. The highest BCUT2D eigenvalue weighted by molar-refractivity contribution is 4.51. The van der Waals surface area contributed by atoms with Gasteiger partial charge in [0.1, 0.15) is 0 Å². The molecule has 0 saturated carbocycles. The molecule has 0 aromatic rings. The SMILES string of the molecule is CC(C)OCCCN(C)CCCON. The zero-order valence-corrected chi connectivity index (χ0v) is 9.66. The molecule has 0 unspecified atom stereocenters. The molecule has 0 aromatic carbocycles. The average molecular weight is 204 g/mol. The van der Waals surface area contributed by atoms with E-state index in [1.165, 1.54) is 0 Å². The van der Waals surface area contributed by atoms with Gasteiger partial charge < -0.3 is 14.5 Å². The Hall–Kier alpha value is -0.160. The Kier molecular flexibility index (Phi) is 9.29. The van der Waals surface area contributed by atoms with Gasteiger partial charge in [-0.05, 0) is 33.7 Å². The van der Waals surface area contributed by atoms with Crippen LogP contribution in [0.3, 0.4) is 0 Å². The second-order valence-electron chi connectivity index (χ2n) is 3.80. The summed E-state index contributed by atoms with van der Waals surface area (Å²) in [5, 5.41) is 0. The zero-order valence-electron chi connectivity index (χ0n) is 9.66. The second kappa shape index (κ2) is 9.40. The topological polar surface area (TPSA) is 47.7 Å². The van der Waals surface area contributed by atoms with Crippen molar-refractivity contribution in [1.29, 1.82) is 0 Å². The Bertz CT molecular complexity index is 121. The van der Waals surface area contributed by atoms with Crippen LogP contribution in [0.4, 0.5) is 0 Å². The molecule has 0 aliphatic rings. The highest BCUT2D eigenvalue weighted by atomic mass is 16.6. The van der Waals surface area contributed by atoms with Gasteiger partial charge in [0.2, 0.25) is 0 Å². The van der Waals surface area contributed by atoms with E-state index in [4.69, 9.17) is 10.6 Å². The molecule has 4 nitrogen and oxygen atoms in total. The first kappa shape index (κ1) is 13.8. The monoisotopic (exact) mass is 204 g/mol. The Morgan fingerprint density at radius 1 is 1.14 bits per heavy atom. The first-order valence-electron chi connectivity index (χ1n) is 5.28. The Balaban J connectivity index is 3.14. The summed E-state index contributed by atoms with van der Waals surface area (Å²) in [7, 11) is 2.10. The highest BCUT2D eigenvalue weighted by Gasteiger charge is 1.98. The summed E-state index contributed by atoms with van der Waals surface area (Å²) in [4.78, 5) is 6.76. The summed E-state index contributed by atoms with van der Waals surface area (Å²) in [5.41, 5.74) is 0. The van der Waals surface area contributed by atoms with Crippen LogP contribution in [0.25, 0.3) is 0 Å². The molecule has 0 fully saturated rings. The van der Waals surface area contributed by atoms with E-state index in [2.05, 4.69) is 30.6 Å². The van der Waals surface area contributed by atoms with Crippen molar-refractivity contribution in [3.63, 3.8) is 0 Å². The minimum absolute atomic E-state index is 0.339. The van der Waals surface area contributed by atoms with Crippen LogP contribution >= 0.6 is 0 Å². The van der Waals surface area contributed by atoms with Gasteiger partial charge in [-0.2, -0.15) is 0 Å². The van der Waals surface area contributed by atoms with E-state index in [-0.39, 0.29) is 0 Å². The molecule has 4 heteroatoms. The van der Waals surface area contributed by atoms with Crippen LogP contribution in [-0.4, -0.2) is 44.4 Å². The molecule has 2 N–H and O–H groups in total. The lowest BCUT2D eigenvalue weighted by Gasteiger charge is -2.16. The lowest BCUT2D eigenvalue weighted by atomic mass is 10.3. The normalized spacial score (nSPS) is 11.6. The zero-order chi connectivity index (χ0) is 10.8. The van der Waals surface area contributed by atoms with Crippen molar-refractivity contribution in [2.45, 2.75) is 32.8 Å². The summed E-state index contributed by atoms with van der Waals surface area (Å²) in [6, 6.07) is 0. The van der Waals surface area contributed by atoms with Gasteiger partial charge in [-0.15, -0.1) is 0 Å².